The van der Waals surface area contributed by atoms with E-state index in [-0.39, 0.29) is 0 Å². The highest BCUT2D eigenvalue weighted by Crippen LogP contribution is 2.36. The molecule has 82 valence electrons. The molecule has 2 fully saturated rings. The summed E-state index contributed by atoms with van der Waals surface area (Å²) in [6.45, 7) is 7.39. The standard InChI is InChI=1S/C12H23NS/c1-9-3-10(2)5-12(4-9)14-8-11-6-13-7-11/h9-13H,3-8H2,1-2H3. The minimum Gasteiger partial charge on any atom is -0.316 e. The highest BCUT2D eigenvalue weighted by Gasteiger charge is 2.25. The Morgan fingerprint density at radius 2 is 1.71 bits per heavy atom. The highest BCUT2D eigenvalue weighted by molar-refractivity contribution is 7.99. The van der Waals surface area contributed by atoms with Crippen LogP contribution < -0.4 is 5.32 Å². The summed E-state index contributed by atoms with van der Waals surface area (Å²) in [5.74, 6) is 4.32. The predicted molar refractivity (Wildman–Crippen MR) is 64.8 cm³/mol. The lowest BCUT2D eigenvalue weighted by atomic mass is 9.83. The highest BCUT2D eigenvalue weighted by atomic mass is 32.2. The molecule has 2 heteroatoms. The van der Waals surface area contributed by atoms with E-state index in [1.54, 1.807) is 0 Å². The minimum absolute atomic E-state index is 0.967. The van der Waals surface area contributed by atoms with Gasteiger partial charge in [0.2, 0.25) is 0 Å². The van der Waals surface area contributed by atoms with Gasteiger partial charge in [0.15, 0.2) is 0 Å². The van der Waals surface area contributed by atoms with Gasteiger partial charge in [0, 0.05) is 5.25 Å². The topological polar surface area (TPSA) is 12.0 Å². The normalized spacial score (nSPS) is 39.4. The van der Waals surface area contributed by atoms with Crippen LogP contribution in [0.5, 0.6) is 0 Å². The maximum absolute atomic E-state index is 3.35. The molecule has 14 heavy (non-hydrogen) atoms. The lowest BCUT2D eigenvalue weighted by Gasteiger charge is -2.33. The summed E-state index contributed by atoms with van der Waals surface area (Å²) in [5, 5.41) is 4.32. The van der Waals surface area contributed by atoms with E-state index in [4.69, 9.17) is 0 Å². The Morgan fingerprint density at radius 3 is 2.21 bits per heavy atom. The quantitative estimate of drug-likeness (QED) is 0.773. The third-order valence-corrected chi connectivity index (χ3v) is 5.09. The van der Waals surface area contributed by atoms with Gasteiger partial charge in [-0.3, -0.25) is 0 Å². The van der Waals surface area contributed by atoms with Gasteiger partial charge in [-0.15, -0.1) is 0 Å². The summed E-state index contributed by atoms with van der Waals surface area (Å²) in [5.41, 5.74) is 0. The first-order valence-electron chi connectivity index (χ1n) is 6.06. The largest absolute Gasteiger partial charge is 0.316 e. The summed E-state index contributed by atoms with van der Waals surface area (Å²) < 4.78 is 0. The van der Waals surface area contributed by atoms with Crippen LogP contribution in [0.4, 0.5) is 0 Å². The van der Waals surface area contributed by atoms with Crippen LogP contribution in [-0.2, 0) is 0 Å². The van der Waals surface area contributed by atoms with Gasteiger partial charge in [-0.25, -0.2) is 0 Å². The number of hydrogen-bond acceptors (Lipinski definition) is 2. The van der Waals surface area contributed by atoms with E-state index in [9.17, 15) is 0 Å². The van der Waals surface area contributed by atoms with Crippen molar-refractivity contribution in [2.24, 2.45) is 17.8 Å². The van der Waals surface area contributed by atoms with Gasteiger partial charge in [0.1, 0.15) is 0 Å². The van der Waals surface area contributed by atoms with Gasteiger partial charge in [-0.05, 0) is 55.9 Å². The van der Waals surface area contributed by atoms with Crippen molar-refractivity contribution in [2.75, 3.05) is 18.8 Å². The van der Waals surface area contributed by atoms with E-state index in [1.165, 1.54) is 38.1 Å². The molecule has 1 N–H and O–H groups in total. The number of nitrogens with one attached hydrogen (secondary N) is 1. The van der Waals surface area contributed by atoms with E-state index in [0.717, 1.165) is 23.0 Å². The molecule has 2 unspecified atom stereocenters. The predicted octanol–water partition coefficient (Wildman–Crippen LogP) is 2.76. The van der Waals surface area contributed by atoms with E-state index in [1.807, 2.05) is 0 Å². The van der Waals surface area contributed by atoms with E-state index in [2.05, 4.69) is 30.9 Å². The van der Waals surface area contributed by atoms with Gasteiger partial charge in [0.05, 0.1) is 0 Å². The molecular weight excluding hydrogens is 190 g/mol. The Labute approximate surface area is 92.4 Å². The van der Waals surface area contributed by atoms with Crippen molar-refractivity contribution in [1.29, 1.82) is 0 Å². The van der Waals surface area contributed by atoms with Crippen LogP contribution in [-0.4, -0.2) is 24.1 Å². The Morgan fingerprint density at radius 1 is 1.07 bits per heavy atom. The maximum atomic E-state index is 3.35. The zero-order chi connectivity index (χ0) is 9.97. The molecule has 0 aromatic rings. The molecule has 0 aromatic heterocycles. The second-order valence-electron chi connectivity index (χ2n) is 5.40. The van der Waals surface area contributed by atoms with Crippen LogP contribution in [0.15, 0.2) is 0 Å². The molecule has 2 aliphatic rings. The molecule has 0 spiro atoms. The third kappa shape index (κ3) is 2.90. The lowest BCUT2D eigenvalue weighted by molar-refractivity contribution is 0.307. The van der Waals surface area contributed by atoms with Gasteiger partial charge >= 0.3 is 0 Å². The maximum Gasteiger partial charge on any atom is 0.00522 e. The first-order chi connectivity index (χ1) is 6.74. The molecule has 1 heterocycles. The minimum atomic E-state index is 0.967. The molecule has 1 nitrogen and oxygen atoms in total. The van der Waals surface area contributed by atoms with Gasteiger partial charge in [0.25, 0.3) is 0 Å². The van der Waals surface area contributed by atoms with Crippen molar-refractivity contribution in [3.63, 3.8) is 0 Å². The summed E-state index contributed by atoms with van der Waals surface area (Å²) in [4.78, 5) is 0. The van der Waals surface area contributed by atoms with Crippen LogP contribution >= 0.6 is 11.8 Å². The lowest BCUT2D eigenvalue weighted by Crippen LogP contribution is -2.43. The molecular formula is C12H23NS. The fourth-order valence-electron chi connectivity index (χ4n) is 2.75. The first kappa shape index (κ1) is 10.8. The van der Waals surface area contributed by atoms with E-state index < -0.39 is 0 Å². The number of thioether (sulfide) groups is 1. The Kier molecular flexibility index (Phi) is 3.78. The smallest absolute Gasteiger partial charge is 0.00522 e. The van der Waals surface area contributed by atoms with Gasteiger partial charge < -0.3 is 5.32 Å². The van der Waals surface area contributed by atoms with E-state index >= 15 is 0 Å². The van der Waals surface area contributed by atoms with Crippen molar-refractivity contribution in [3.8, 4) is 0 Å². The van der Waals surface area contributed by atoms with Crippen molar-refractivity contribution < 1.29 is 0 Å². The molecule has 0 bridgehead atoms. The summed E-state index contributed by atoms with van der Waals surface area (Å²) in [6, 6.07) is 0. The summed E-state index contributed by atoms with van der Waals surface area (Å²) in [7, 11) is 0. The second-order valence-corrected chi connectivity index (χ2v) is 6.73. The Hall–Kier alpha value is 0.310. The molecule has 0 amide bonds. The molecule has 1 aliphatic heterocycles. The number of hydrogen-bond donors (Lipinski definition) is 1. The second kappa shape index (κ2) is 4.89. The third-order valence-electron chi connectivity index (χ3n) is 3.57. The molecule has 1 saturated carbocycles. The van der Waals surface area contributed by atoms with Crippen molar-refractivity contribution in [2.45, 2.75) is 38.4 Å². The zero-order valence-electron chi connectivity index (χ0n) is 9.46. The van der Waals surface area contributed by atoms with Crippen molar-refractivity contribution in [3.05, 3.63) is 0 Å². The Bertz CT molecular complexity index is 169. The van der Waals surface area contributed by atoms with Crippen LogP contribution in [0.1, 0.15) is 33.1 Å². The molecule has 0 aromatic carbocycles. The first-order valence-corrected chi connectivity index (χ1v) is 7.11. The van der Waals surface area contributed by atoms with Crippen LogP contribution in [0.2, 0.25) is 0 Å². The molecule has 1 aliphatic carbocycles. The molecule has 2 rings (SSSR count). The number of rotatable bonds is 3. The zero-order valence-corrected chi connectivity index (χ0v) is 10.3. The van der Waals surface area contributed by atoms with Crippen LogP contribution in [0.25, 0.3) is 0 Å². The SMILES string of the molecule is CC1CC(C)CC(SCC2CNC2)C1. The van der Waals surface area contributed by atoms with Crippen LogP contribution in [0.3, 0.4) is 0 Å². The fourth-order valence-corrected chi connectivity index (χ4v) is 4.46. The summed E-state index contributed by atoms with van der Waals surface area (Å²) >= 11 is 2.25. The van der Waals surface area contributed by atoms with Gasteiger partial charge in [-0.1, -0.05) is 13.8 Å². The summed E-state index contributed by atoms with van der Waals surface area (Å²) in [6.07, 6.45) is 4.40. The van der Waals surface area contributed by atoms with Gasteiger partial charge in [-0.2, -0.15) is 11.8 Å². The molecule has 1 saturated heterocycles. The monoisotopic (exact) mass is 213 g/mol. The Balaban J connectivity index is 1.68. The fraction of sp³-hybridized carbons (Fsp3) is 1.00. The molecule has 2 atom stereocenters. The van der Waals surface area contributed by atoms with Crippen LogP contribution in [0, 0.1) is 17.8 Å². The van der Waals surface area contributed by atoms with E-state index in [0.29, 0.717) is 0 Å². The average Bonchev–Trinajstić information content (AvgIpc) is 1.99. The average molecular weight is 213 g/mol. The van der Waals surface area contributed by atoms with Crippen molar-refractivity contribution in [1.82, 2.24) is 5.32 Å². The molecule has 0 radical (unpaired) electrons. The van der Waals surface area contributed by atoms with Crippen molar-refractivity contribution >= 4 is 11.8 Å².